The number of anilines is 1. The molecule has 1 aromatic heterocycles. The van der Waals surface area contributed by atoms with E-state index in [4.69, 9.17) is 14.2 Å². The highest BCUT2D eigenvalue weighted by Crippen LogP contribution is 2.35. The Labute approximate surface area is 248 Å². The molecule has 2 saturated heterocycles. The van der Waals surface area contributed by atoms with E-state index in [0.29, 0.717) is 49.8 Å². The fourth-order valence-electron chi connectivity index (χ4n) is 5.53. The molecule has 0 radical (unpaired) electrons. The van der Waals surface area contributed by atoms with Crippen molar-refractivity contribution in [3.63, 3.8) is 0 Å². The van der Waals surface area contributed by atoms with Crippen molar-refractivity contribution in [1.29, 1.82) is 0 Å². The predicted molar refractivity (Wildman–Crippen MR) is 164 cm³/mol. The first-order valence-electron chi connectivity index (χ1n) is 15.1. The summed E-state index contributed by atoms with van der Waals surface area (Å²) in [7, 11) is 1.67. The minimum atomic E-state index is -0.130. The number of carbonyl (C=O) groups is 1. The lowest BCUT2D eigenvalue weighted by Gasteiger charge is -2.35. The van der Waals surface area contributed by atoms with E-state index in [9.17, 15) is 4.79 Å². The highest BCUT2D eigenvalue weighted by Gasteiger charge is 2.23. The molecule has 2 aliphatic heterocycles. The van der Waals surface area contributed by atoms with E-state index >= 15 is 0 Å². The summed E-state index contributed by atoms with van der Waals surface area (Å²) in [5.41, 5.74) is 4.45. The number of benzene rings is 2. The topological polar surface area (TPSA) is 92.3 Å². The number of methoxy groups -OCH3 is 1. The fraction of sp³-hybridized carbons (Fsp3) is 0.531. The highest BCUT2D eigenvalue weighted by atomic mass is 16.5. The van der Waals surface area contributed by atoms with Gasteiger partial charge < -0.3 is 24.0 Å². The average Bonchev–Trinajstić information content (AvgIpc) is 3.00. The minimum Gasteiger partial charge on any atom is -0.493 e. The molecule has 3 aromatic rings. The lowest BCUT2D eigenvalue weighted by Crippen LogP contribution is -2.53. The second-order valence-electron chi connectivity index (χ2n) is 11.5. The monoisotopic (exact) mass is 576 g/mol. The molecule has 1 amide bonds. The van der Waals surface area contributed by atoms with Gasteiger partial charge in [0.15, 0.2) is 11.5 Å². The van der Waals surface area contributed by atoms with Crippen LogP contribution < -0.4 is 24.5 Å². The summed E-state index contributed by atoms with van der Waals surface area (Å²) < 4.78 is 17.6. The Kier molecular flexibility index (Phi) is 9.97. The van der Waals surface area contributed by atoms with E-state index in [1.54, 1.807) is 25.6 Å². The van der Waals surface area contributed by atoms with Gasteiger partial charge in [-0.05, 0) is 82.4 Å². The zero-order valence-electron chi connectivity index (χ0n) is 25.3. The first-order valence-corrected chi connectivity index (χ1v) is 15.1. The maximum absolute atomic E-state index is 12.8. The Morgan fingerprint density at radius 1 is 1.00 bits per heavy atom. The van der Waals surface area contributed by atoms with Gasteiger partial charge in [0.2, 0.25) is 0 Å². The quantitative estimate of drug-likeness (QED) is 0.334. The highest BCUT2D eigenvalue weighted by molar-refractivity contribution is 5.94. The van der Waals surface area contributed by atoms with Crippen molar-refractivity contribution < 1.29 is 19.0 Å². The normalized spacial score (nSPS) is 17.0. The van der Waals surface area contributed by atoms with Gasteiger partial charge in [0.1, 0.15) is 17.9 Å². The van der Waals surface area contributed by atoms with Crippen molar-refractivity contribution >= 4 is 22.6 Å². The van der Waals surface area contributed by atoms with Crippen LogP contribution in [0, 0.1) is 5.92 Å². The third-order valence-corrected chi connectivity index (χ3v) is 7.98. The smallest absolute Gasteiger partial charge is 0.265 e. The minimum absolute atomic E-state index is 0.0906. The molecular weight excluding hydrogens is 532 g/mol. The number of piperidine rings is 1. The van der Waals surface area contributed by atoms with Crippen molar-refractivity contribution in [2.75, 3.05) is 64.4 Å². The van der Waals surface area contributed by atoms with Crippen LogP contribution in [-0.2, 0) is 0 Å². The van der Waals surface area contributed by atoms with Crippen LogP contribution >= 0.6 is 0 Å². The molecule has 226 valence electrons. The van der Waals surface area contributed by atoms with E-state index in [-0.39, 0.29) is 12.0 Å². The molecule has 0 spiro atoms. The van der Waals surface area contributed by atoms with E-state index in [2.05, 4.69) is 32.1 Å². The van der Waals surface area contributed by atoms with Crippen LogP contribution in [0.1, 0.15) is 50.4 Å². The molecule has 1 N–H and O–H groups in total. The first-order chi connectivity index (χ1) is 20.4. The molecule has 0 bridgehead atoms. The summed E-state index contributed by atoms with van der Waals surface area (Å²) in [6.45, 7) is 13.1. The summed E-state index contributed by atoms with van der Waals surface area (Å²) in [4.78, 5) is 26.7. The zero-order valence-corrected chi connectivity index (χ0v) is 25.3. The number of ether oxygens (including phenoxy) is 3. The van der Waals surface area contributed by atoms with Gasteiger partial charge in [-0.25, -0.2) is 15.0 Å². The second kappa shape index (κ2) is 14.0. The Morgan fingerprint density at radius 2 is 1.74 bits per heavy atom. The van der Waals surface area contributed by atoms with Crippen molar-refractivity contribution in [3.8, 4) is 17.2 Å². The fourth-order valence-corrected chi connectivity index (χ4v) is 5.53. The molecule has 10 heteroatoms. The molecule has 5 rings (SSSR count). The van der Waals surface area contributed by atoms with Gasteiger partial charge in [-0.2, -0.15) is 0 Å². The average molecular weight is 577 g/mol. The van der Waals surface area contributed by atoms with E-state index < -0.39 is 0 Å². The molecule has 3 heterocycles. The van der Waals surface area contributed by atoms with Gasteiger partial charge in [-0.1, -0.05) is 6.92 Å². The number of nitrogens with one attached hydrogen (secondary N) is 1. The van der Waals surface area contributed by atoms with Crippen molar-refractivity contribution in [2.45, 2.75) is 46.1 Å². The molecule has 42 heavy (non-hydrogen) atoms. The molecule has 0 saturated carbocycles. The molecule has 2 aliphatic rings. The van der Waals surface area contributed by atoms with Gasteiger partial charge in [-0.15, -0.1) is 0 Å². The van der Waals surface area contributed by atoms with Gasteiger partial charge in [0.05, 0.1) is 25.3 Å². The molecule has 2 aromatic carbocycles. The Morgan fingerprint density at radius 3 is 2.43 bits per heavy atom. The Bertz CT molecular complexity index is 1320. The summed E-state index contributed by atoms with van der Waals surface area (Å²) in [6, 6.07) is 11.2. The van der Waals surface area contributed by atoms with Gasteiger partial charge in [0.25, 0.3) is 5.91 Å². The Balaban J connectivity index is 1.16. The van der Waals surface area contributed by atoms with Crippen LogP contribution in [0.3, 0.4) is 0 Å². The number of fused-ring (bicyclic) bond motifs is 1. The van der Waals surface area contributed by atoms with Gasteiger partial charge in [0, 0.05) is 49.7 Å². The zero-order chi connectivity index (χ0) is 29.5. The molecule has 0 atom stereocenters. The van der Waals surface area contributed by atoms with Crippen molar-refractivity contribution in [2.24, 2.45) is 5.92 Å². The summed E-state index contributed by atoms with van der Waals surface area (Å²) in [5.74, 6) is 3.71. The number of hydrogen-bond acceptors (Lipinski definition) is 9. The van der Waals surface area contributed by atoms with E-state index in [1.807, 2.05) is 43.1 Å². The number of likely N-dealkylation sites (tertiary alicyclic amines) is 1. The van der Waals surface area contributed by atoms with Gasteiger partial charge in [-0.3, -0.25) is 10.2 Å². The van der Waals surface area contributed by atoms with Crippen LogP contribution in [0.5, 0.6) is 17.2 Å². The summed E-state index contributed by atoms with van der Waals surface area (Å²) >= 11 is 0. The number of amides is 1. The number of aromatic nitrogens is 2. The number of hydrazine groups is 1. The summed E-state index contributed by atoms with van der Waals surface area (Å²) in [5, 5.41) is 2.88. The van der Waals surface area contributed by atoms with Crippen LogP contribution in [0.2, 0.25) is 0 Å². The van der Waals surface area contributed by atoms with Crippen molar-refractivity contribution in [1.82, 2.24) is 25.3 Å². The van der Waals surface area contributed by atoms with Crippen LogP contribution in [0.4, 0.5) is 5.82 Å². The third kappa shape index (κ3) is 7.60. The predicted octanol–water partition coefficient (Wildman–Crippen LogP) is 4.39. The van der Waals surface area contributed by atoms with Crippen LogP contribution in [-0.4, -0.2) is 91.4 Å². The lowest BCUT2D eigenvalue weighted by atomic mass is 9.99. The van der Waals surface area contributed by atoms with Gasteiger partial charge >= 0.3 is 0 Å². The molecule has 0 unspecified atom stereocenters. The number of rotatable bonds is 11. The molecule has 10 nitrogen and oxygen atoms in total. The molecule has 2 fully saturated rings. The number of piperazine rings is 1. The maximum atomic E-state index is 12.8. The SMILES string of the molecule is COc1cc2c(N3CCN(NC(=O)c4ccc(OC(C)C)cc4)CC3)ncnc2cc1OCCCN1CCC(C)CC1. The molecular formula is C32H44N6O4. The standard InChI is InChI=1S/C32H44N6O4/c1-23(2)42-26-8-6-25(7-9-26)32(39)35-38-17-15-37(16-18-38)31-27-20-29(40-4)30(21-28(27)33-22-34-31)41-19-5-12-36-13-10-24(3)11-14-36/h6-9,20-24H,5,10-19H2,1-4H3,(H,35,39). The second-order valence-corrected chi connectivity index (χ2v) is 11.5. The Hall–Kier alpha value is -3.63. The van der Waals surface area contributed by atoms with Crippen molar-refractivity contribution in [3.05, 3.63) is 48.3 Å². The molecule has 0 aliphatic carbocycles. The third-order valence-electron chi connectivity index (χ3n) is 7.98. The number of carbonyl (C=O) groups excluding carboxylic acids is 1. The van der Waals surface area contributed by atoms with E-state index in [1.165, 1.54) is 25.9 Å². The summed E-state index contributed by atoms with van der Waals surface area (Å²) in [6.07, 6.45) is 5.24. The maximum Gasteiger partial charge on any atom is 0.265 e. The van der Waals surface area contributed by atoms with E-state index in [0.717, 1.165) is 41.4 Å². The largest absolute Gasteiger partial charge is 0.493 e. The van der Waals surface area contributed by atoms with Crippen LogP contribution in [0.15, 0.2) is 42.7 Å². The number of nitrogens with zero attached hydrogens (tertiary/aromatic N) is 5. The first kappa shape index (κ1) is 29.8. The lowest BCUT2D eigenvalue weighted by molar-refractivity contribution is 0.0777. The van der Waals surface area contributed by atoms with Crippen LogP contribution in [0.25, 0.3) is 10.9 Å². The number of hydrogen-bond donors (Lipinski definition) is 1.